The van der Waals surface area contributed by atoms with E-state index in [0.29, 0.717) is 16.9 Å². The first-order chi connectivity index (χ1) is 15.0. The fraction of sp³-hybridized carbons (Fsp3) is 0.174. The summed E-state index contributed by atoms with van der Waals surface area (Å²) in [5.74, 6) is 0.0164. The average molecular weight is 420 g/mol. The second-order valence-corrected chi connectivity index (χ2v) is 7.09. The van der Waals surface area contributed by atoms with E-state index < -0.39 is 11.5 Å². The quantitative estimate of drug-likeness (QED) is 0.520. The van der Waals surface area contributed by atoms with Crippen molar-refractivity contribution in [2.24, 2.45) is 0 Å². The van der Waals surface area contributed by atoms with Crippen molar-refractivity contribution < 1.29 is 13.9 Å². The molecule has 8 heteroatoms. The number of hydrogen-bond acceptors (Lipinski definition) is 4. The maximum absolute atomic E-state index is 13.3. The van der Waals surface area contributed by atoms with Gasteiger partial charge in [-0.15, -0.1) is 0 Å². The molecule has 0 radical (unpaired) electrons. The van der Waals surface area contributed by atoms with Crippen LogP contribution in [0.15, 0.2) is 71.7 Å². The molecular formula is C23H21FN4O3. The largest absolute Gasteiger partial charge is 0.497 e. The van der Waals surface area contributed by atoms with Gasteiger partial charge in [-0.2, -0.15) is 0 Å². The molecule has 2 aromatic heterocycles. The molecule has 0 saturated heterocycles. The van der Waals surface area contributed by atoms with Gasteiger partial charge in [0.05, 0.1) is 24.4 Å². The van der Waals surface area contributed by atoms with Crippen molar-refractivity contribution in [1.82, 2.24) is 19.4 Å². The van der Waals surface area contributed by atoms with Gasteiger partial charge in [0.15, 0.2) is 5.65 Å². The summed E-state index contributed by atoms with van der Waals surface area (Å²) in [6, 6.07) is 16.1. The van der Waals surface area contributed by atoms with E-state index in [4.69, 9.17) is 4.74 Å². The predicted molar refractivity (Wildman–Crippen MR) is 115 cm³/mol. The Bertz CT molecular complexity index is 1280. The van der Waals surface area contributed by atoms with Crippen molar-refractivity contribution in [3.8, 4) is 11.4 Å². The molecule has 7 nitrogen and oxygen atoms in total. The summed E-state index contributed by atoms with van der Waals surface area (Å²) in [5, 5.41) is 2.91. The summed E-state index contributed by atoms with van der Waals surface area (Å²) >= 11 is 0. The van der Waals surface area contributed by atoms with E-state index in [-0.39, 0.29) is 18.5 Å². The van der Waals surface area contributed by atoms with Crippen molar-refractivity contribution in [2.75, 3.05) is 7.11 Å². The molecule has 4 rings (SSSR count). The highest BCUT2D eigenvalue weighted by molar-refractivity contribution is 5.80. The van der Waals surface area contributed by atoms with E-state index in [1.54, 1.807) is 25.4 Å². The van der Waals surface area contributed by atoms with Crippen LogP contribution in [-0.4, -0.2) is 27.1 Å². The zero-order valence-corrected chi connectivity index (χ0v) is 17.1. The fourth-order valence-corrected chi connectivity index (χ4v) is 3.47. The Morgan fingerprint density at radius 2 is 1.84 bits per heavy atom. The number of hydrogen-bond donors (Lipinski definition) is 1. The van der Waals surface area contributed by atoms with E-state index in [9.17, 15) is 14.0 Å². The van der Waals surface area contributed by atoms with Crippen molar-refractivity contribution in [2.45, 2.75) is 19.5 Å². The SMILES string of the molecule is COc1ccc([C@@H](C)NC(=O)Cn2c(=O)n(-c3ccc(F)cc3)c3ncccc32)cc1. The van der Waals surface area contributed by atoms with Crippen LogP contribution in [0.4, 0.5) is 4.39 Å². The van der Waals surface area contributed by atoms with Crippen LogP contribution in [0.2, 0.25) is 0 Å². The first-order valence-electron chi connectivity index (χ1n) is 9.73. The number of carbonyl (C=O) groups is 1. The molecule has 0 spiro atoms. The number of nitrogens with zero attached hydrogens (tertiary/aromatic N) is 3. The summed E-state index contributed by atoms with van der Waals surface area (Å²) in [6.07, 6.45) is 1.57. The van der Waals surface area contributed by atoms with Crippen molar-refractivity contribution in [3.05, 3.63) is 88.7 Å². The molecule has 0 aliphatic carbocycles. The summed E-state index contributed by atoms with van der Waals surface area (Å²) in [4.78, 5) is 30.2. The number of ether oxygens (including phenoxy) is 1. The Balaban J connectivity index is 1.62. The number of halogens is 1. The number of pyridine rings is 1. The first kappa shape index (κ1) is 20.3. The lowest BCUT2D eigenvalue weighted by Crippen LogP contribution is -2.34. The van der Waals surface area contributed by atoms with Gasteiger partial charge in [-0.3, -0.25) is 9.36 Å². The first-order valence-corrected chi connectivity index (χ1v) is 9.73. The fourth-order valence-electron chi connectivity index (χ4n) is 3.47. The second-order valence-electron chi connectivity index (χ2n) is 7.09. The number of methoxy groups -OCH3 is 1. The van der Waals surface area contributed by atoms with Crippen LogP contribution in [0.5, 0.6) is 5.75 Å². The Hall–Kier alpha value is -3.94. The third-order valence-electron chi connectivity index (χ3n) is 5.07. The van der Waals surface area contributed by atoms with Gasteiger partial charge < -0.3 is 10.1 Å². The van der Waals surface area contributed by atoms with Gasteiger partial charge >= 0.3 is 5.69 Å². The Labute approximate surface area is 177 Å². The normalized spacial score (nSPS) is 12.0. The lowest BCUT2D eigenvalue weighted by Gasteiger charge is -2.15. The van der Waals surface area contributed by atoms with Crippen LogP contribution >= 0.6 is 0 Å². The number of amides is 1. The number of imidazole rings is 1. The highest BCUT2D eigenvalue weighted by Gasteiger charge is 2.18. The topological polar surface area (TPSA) is 78.1 Å². The second kappa shape index (κ2) is 8.43. The molecule has 0 saturated carbocycles. The number of carbonyl (C=O) groups excluding carboxylic acids is 1. The van der Waals surface area contributed by atoms with E-state index in [1.807, 2.05) is 31.2 Å². The molecule has 2 aromatic carbocycles. The standard InChI is InChI=1S/C23H21FN4O3/c1-15(16-5-11-19(31-2)12-6-16)26-21(29)14-27-20-4-3-13-25-22(20)28(23(27)30)18-9-7-17(24)8-10-18/h3-13,15H,14H2,1-2H3,(H,26,29)/t15-/m1/s1. The van der Waals surface area contributed by atoms with Gasteiger partial charge in [-0.25, -0.2) is 18.7 Å². The van der Waals surface area contributed by atoms with E-state index >= 15 is 0 Å². The number of nitrogens with one attached hydrogen (secondary N) is 1. The van der Waals surface area contributed by atoms with Crippen LogP contribution in [0.1, 0.15) is 18.5 Å². The molecule has 4 aromatic rings. The highest BCUT2D eigenvalue weighted by atomic mass is 19.1. The average Bonchev–Trinajstić information content (AvgIpc) is 3.06. The number of aromatic nitrogens is 3. The lowest BCUT2D eigenvalue weighted by atomic mass is 10.1. The minimum Gasteiger partial charge on any atom is -0.497 e. The maximum atomic E-state index is 13.3. The summed E-state index contributed by atoms with van der Waals surface area (Å²) in [7, 11) is 1.59. The summed E-state index contributed by atoms with van der Waals surface area (Å²) < 4.78 is 21.2. The third-order valence-corrected chi connectivity index (χ3v) is 5.07. The third kappa shape index (κ3) is 4.05. The molecule has 1 amide bonds. The van der Waals surface area contributed by atoms with Gasteiger partial charge in [0.2, 0.25) is 5.91 Å². The van der Waals surface area contributed by atoms with Crippen LogP contribution in [0.25, 0.3) is 16.9 Å². The minimum atomic E-state index is -0.424. The van der Waals surface area contributed by atoms with Gasteiger partial charge in [0, 0.05) is 6.20 Å². The Morgan fingerprint density at radius 3 is 2.52 bits per heavy atom. The molecule has 2 heterocycles. The molecule has 0 unspecified atom stereocenters. The van der Waals surface area contributed by atoms with E-state index in [2.05, 4.69) is 10.3 Å². The number of benzene rings is 2. The van der Waals surface area contributed by atoms with Gasteiger partial charge in [-0.1, -0.05) is 12.1 Å². The molecule has 1 N–H and O–H groups in total. The molecule has 158 valence electrons. The zero-order valence-electron chi connectivity index (χ0n) is 17.1. The van der Waals surface area contributed by atoms with Crippen LogP contribution < -0.4 is 15.7 Å². The highest BCUT2D eigenvalue weighted by Crippen LogP contribution is 2.18. The van der Waals surface area contributed by atoms with Crippen molar-refractivity contribution >= 4 is 17.1 Å². The summed E-state index contributed by atoms with van der Waals surface area (Å²) in [5.41, 5.74) is 1.88. The lowest BCUT2D eigenvalue weighted by molar-refractivity contribution is -0.122. The zero-order chi connectivity index (χ0) is 22.0. The maximum Gasteiger partial charge on any atom is 0.335 e. The number of fused-ring (bicyclic) bond motifs is 1. The summed E-state index contributed by atoms with van der Waals surface area (Å²) in [6.45, 7) is 1.70. The molecule has 0 bridgehead atoms. The van der Waals surface area contributed by atoms with E-state index in [0.717, 1.165) is 11.3 Å². The molecule has 0 fully saturated rings. The number of rotatable bonds is 6. The van der Waals surface area contributed by atoms with Crippen LogP contribution in [0, 0.1) is 5.82 Å². The minimum absolute atomic E-state index is 0.171. The predicted octanol–water partition coefficient (Wildman–Crippen LogP) is 3.21. The van der Waals surface area contributed by atoms with Gasteiger partial charge in [-0.05, 0) is 61.0 Å². The van der Waals surface area contributed by atoms with E-state index in [1.165, 1.54) is 33.4 Å². The molecular weight excluding hydrogens is 399 g/mol. The smallest absolute Gasteiger partial charge is 0.335 e. The molecule has 0 aliphatic rings. The van der Waals surface area contributed by atoms with Crippen molar-refractivity contribution in [1.29, 1.82) is 0 Å². The molecule has 1 atom stereocenters. The van der Waals surface area contributed by atoms with Crippen LogP contribution in [-0.2, 0) is 11.3 Å². The van der Waals surface area contributed by atoms with Crippen LogP contribution in [0.3, 0.4) is 0 Å². The van der Waals surface area contributed by atoms with Gasteiger partial charge in [0.25, 0.3) is 0 Å². The van der Waals surface area contributed by atoms with Crippen molar-refractivity contribution in [3.63, 3.8) is 0 Å². The molecule has 31 heavy (non-hydrogen) atoms. The Kier molecular flexibility index (Phi) is 5.53. The Morgan fingerprint density at radius 1 is 1.13 bits per heavy atom. The monoisotopic (exact) mass is 420 g/mol. The van der Waals surface area contributed by atoms with Gasteiger partial charge in [0.1, 0.15) is 18.1 Å². The molecule has 0 aliphatic heterocycles.